The summed E-state index contributed by atoms with van der Waals surface area (Å²) >= 11 is 12.1. The van der Waals surface area contributed by atoms with Crippen molar-refractivity contribution in [3.8, 4) is 5.75 Å². The van der Waals surface area contributed by atoms with Crippen molar-refractivity contribution < 1.29 is 14.3 Å². The average Bonchev–Trinajstić information content (AvgIpc) is 2.30. The second-order valence-electron chi connectivity index (χ2n) is 4.99. The Kier molecular flexibility index (Phi) is 5.27. The Labute approximate surface area is 123 Å². The van der Waals surface area contributed by atoms with Crippen LogP contribution in [0, 0.1) is 5.41 Å². The molecule has 0 heterocycles. The van der Waals surface area contributed by atoms with E-state index in [1.165, 1.54) is 12.3 Å². The van der Waals surface area contributed by atoms with Crippen molar-refractivity contribution in [2.75, 3.05) is 0 Å². The maximum absolute atomic E-state index is 11.8. The number of benzene rings is 1. The number of hydrogen-bond donors (Lipinski definition) is 0. The molecule has 0 unspecified atom stereocenters. The van der Waals surface area contributed by atoms with Gasteiger partial charge >= 0.3 is 5.97 Å². The van der Waals surface area contributed by atoms with E-state index in [2.05, 4.69) is 6.58 Å². The minimum absolute atomic E-state index is 0.244. The summed E-state index contributed by atoms with van der Waals surface area (Å²) in [7, 11) is 0. The van der Waals surface area contributed by atoms with Crippen LogP contribution in [0.3, 0.4) is 0 Å². The van der Waals surface area contributed by atoms with Crippen molar-refractivity contribution in [1.29, 1.82) is 0 Å². The van der Waals surface area contributed by atoms with Gasteiger partial charge in [0.15, 0.2) is 5.75 Å². The molecule has 104 valence electrons. The van der Waals surface area contributed by atoms with Gasteiger partial charge in [0.1, 0.15) is 6.61 Å². The van der Waals surface area contributed by atoms with Crippen LogP contribution in [-0.2, 0) is 16.1 Å². The third-order valence-electron chi connectivity index (χ3n) is 2.27. The highest BCUT2D eigenvalue weighted by Gasteiger charge is 2.25. The maximum atomic E-state index is 11.8. The molecule has 0 aliphatic heterocycles. The van der Waals surface area contributed by atoms with Gasteiger partial charge in [-0.3, -0.25) is 4.79 Å². The molecule has 1 aromatic rings. The third kappa shape index (κ3) is 4.44. The van der Waals surface area contributed by atoms with E-state index in [-0.39, 0.29) is 18.3 Å². The van der Waals surface area contributed by atoms with Crippen molar-refractivity contribution >= 4 is 29.2 Å². The van der Waals surface area contributed by atoms with E-state index in [1.807, 2.05) is 0 Å². The van der Waals surface area contributed by atoms with Crippen LogP contribution < -0.4 is 4.74 Å². The molecule has 0 fully saturated rings. The van der Waals surface area contributed by atoms with Crippen LogP contribution in [0.2, 0.25) is 10.0 Å². The lowest BCUT2D eigenvalue weighted by Gasteiger charge is -2.17. The molecule has 0 N–H and O–H groups in total. The molecule has 5 heteroatoms. The van der Waals surface area contributed by atoms with Crippen molar-refractivity contribution in [2.24, 2.45) is 5.41 Å². The molecule has 0 atom stereocenters. The fourth-order valence-electron chi connectivity index (χ4n) is 1.16. The Morgan fingerprint density at radius 2 is 1.95 bits per heavy atom. The van der Waals surface area contributed by atoms with Crippen LogP contribution in [0.4, 0.5) is 0 Å². The van der Waals surface area contributed by atoms with E-state index in [0.29, 0.717) is 15.6 Å². The largest absolute Gasteiger partial charge is 0.497 e. The maximum Gasteiger partial charge on any atom is 0.316 e. The van der Waals surface area contributed by atoms with Gasteiger partial charge < -0.3 is 9.47 Å². The molecule has 0 saturated heterocycles. The highest BCUT2D eigenvalue weighted by Crippen LogP contribution is 2.33. The quantitative estimate of drug-likeness (QED) is 0.463. The van der Waals surface area contributed by atoms with Crippen LogP contribution in [0.25, 0.3) is 0 Å². The zero-order chi connectivity index (χ0) is 14.6. The van der Waals surface area contributed by atoms with E-state index in [1.54, 1.807) is 26.8 Å². The number of carbonyl (C=O) groups is 1. The van der Waals surface area contributed by atoms with E-state index in [9.17, 15) is 4.79 Å². The molecule has 0 spiro atoms. The first kappa shape index (κ1) is 15.9. The predicted octanol–water partition coefficient (Wildman–Crippen LogP) is 4.61. The predicted molar refractivity (Wildman–Crippen MR) is 76.5 cm³/mol. The van der Waals surface area contributed by atoms with Gasteiger partial charge in [0.25, 0.3) is 0 Å². The summed E-state index contributed by atoms with van der Waals surface area (Å²) in [6, 6.07) is 3.12. The second-order valence-corrected chi connectivity index (χ2v) is 5.81. The SMILES string of the molecule is C=COCc1cc(Cl)c(OC(=O)C(C)(C)C)cc1Cl. The van der Waals surface area contributed by atoms with Crippen LogP contribution in [0.15, 0.2) is 25.0 Å². The number of rotatable bonds is 4. The summed E-state index contributed by atoms with van der Waals surface area (Å²) in [5.74, 6) is -0.130. The molecular weight excluding hydrogens is 287 g/mol. The molecule has 0 radical (unpaired) electrons. The van der Waals surface area contributed by atoms with Crippen LogP contribution in [0.5, 0.6) is 5.75 Å². The average molecular weight is 303 g/mol. The van der Waals surface area contributed by atoms with Gasteiger partial charge in [0, 0.05) is 11.6 Å². The molecule has 0 bridgehead atoms. The number of carbonyl (C=O) groups excluding carboxylic acids is 1. The number of hydrogen-bond acceptors (Lipinski definition) is 3. The summed E-state index contributed by atoms with van der Waals surface area (Å²) < 4.78 is 10.3. The molecule has 0 aliphatic rings. The monoisotopic (exact) mass is 302 g/mol. The Morgan fingerprint density at radius 3 is 2.47 bits per heavy atom. The summed E-state index contributed by atoms with van der Waals surface area (Å²) in [5, 5.41) is 0.729. The normalized spacial score (nSPS) is 11.0. The molecule has 0 aromatic heterocycles. The van der Waals surface area contributed by atoms with Crippen molar-refractivity contribution in [3.05, 3.63) is 40.6 Å². The molecular formula is C14H16Cl2O3. The van der Waals surface area contributed by atoms with Crippen LogP contribution in [0.1, 0.15) is 26.3 Å². The van der Waals surface area contributed by atoms with Crippen molar-refractivity contribution in [2.45, 2.75) is 27.4 Å². The first-order valence-electron chi connectivity index (χ1n) is 5.68. The summed E-state index contributed by atoms with van der Waals surface area (Å²) in [4.78, 5) is 11.8. The Morgan fingerprint density at radius 1 is 1.32 bits per heavy atom. The first-order chi connectivity index (χ1) is 8.75. The Hall–Kier alpha value is -1.19. The second kappa shape index (κ2) is 6.31. The van der Waals surface area contributed by atoms with Gasteiger partial charge in [0.2, 0.25) is 0 Å². The molecule has 0 aliphatic carbocycles. The lowest BCUT2D eigenvalue weighted by molar-refractivity contribution is -0.142. The van der Waals surface area contributed by atoms with Gasteiger partial charge in [-0.25, -0.2) is 0 Å². The lowest BCUT2D eigenvalue weighted by atomic mass is 9.97. The van der Waals surface area contributed by atoms with E-state index < -0.39 is 5.41 Å². The van der Waals surface area contributed by atoms with E-state index >= 15 is 0 Å². The molecule has 1 rings (SSSR count). The standard InChI is InChI=1S/C14H16Cl2O3/c1-5-18-8-9-6-11(16)12(7-10(9)15)19-13(17)14(2,3)4/h5-7H,1,8H2,2-4H3. The topological polar surface area (TPSA) is 35.5 Å². The summed E-state index contributed by atoms with van der Waals surface area (Å²) in [6.45, 7) is 8.99. The van der Waals surface area contributed by atoms with Crippen LogP contribution >= 0.6 is 23.2 Å². The zero-order valence-electron chi connectivity index (χ0n) is 11.1. The number of esters is 1. The van der Waals surface area contributed by atoms with Gasteiger partial charge in [0.05, 0.1) is 21.7 Å². The summed E-state index contributed by atoms with van der Waals surface area (Å²) in [5.41, 5.74) is 0.0857. The smallest absolute Gasteiger partial charge is 0.316 e. The van der Waals surface area contributed by atoms with Gasteiger partial charge in [-0.15, -0.1) is 0 Å². The van der Waals surface area contributed by atoms with Gasteiger partial charge in [-0.2, -0.15) is 0 Å². The number of ether oxygens (including phenoxy) is 2. The van der Waals surface area contributed by atoms with Crippen LogP contribution in [-0.4, -0.2) is 5.97 Å². The minimum Gasteiger partial charge on any atom is -0.497 e. The Balaban J connectivity index is 2.96. The Bertz CT molecular complexity index is 490. The highest BCUT2D eigenvalue weighted by molar-refractivity contribution is 6.34. The van der Waals surface area contributed by atoms with Gasteiger partial charge in [-0.05, 0) is 26.8 Å². The van der Waals surface area contributed by atoms with E-state index in [4.69, 9.17) is 32.7 Å². The van der Waals surface area contributed by atoms with Gasteiger partial charge in [-0.1, -0.05) is 29.8 Å². The molecule has 0 saturated carbocycles. The molecule has 1 aromatic carbocycles. The highest BCUT2D eigenvalue weighted by atomic mass is 35.5. The third-order valence-corrected chi connectivity index (χ3v) is 2.92. The number of halogens is 2. The van der Waals surface area contributed by atoms with Crippen molar-refractivity contribution in [3.63, 3.8) is 0 Å². The van der Waals surface area contributed by atoms with Crippen molar-refractivity contribution in [1.82, 2.24) is 0 Å². The zero-order valence-corrected chi connectivity index (χ0v) is 12.6. The lowest BCUT2D eigenvalue weighted by Crippen LogP contribution is -2.25. The summed E-state index contributed by atoms with van der Waals surface area (Å²) in [6.07, 6.45) is 1.32. The van der Waals surface area contributed by atoms with E-state index in [0.717, 1.165) is 0 Å². The first-order valence-corrected chi connectivity index (χ1v) is 6.44. The molecule has 3 nitrogen and oxygen atoms in total. The fraction of sp³-hybridized carbons (Fsp3) is 0.357. The molecule has 0 amide bonds. The fourth-order valence-corrected chi connectivity index (χ4v) is 1.59. The minimum atomic E-state index is -0.611. The molecule has 19 heavy (non-hydrogen) atoms.